The summed E-state index contributed by atoms with van der Waals surface area (Å²) in [4.78, 5) is 12.4. The molecule has 1 spiro atoms. The van der Waals surface area contributed by atoms with Gasteiger partial charge in [-0.15, -0.1) is 0 Å². The van der Waals surface area contributed by atoms with E-state index in [0.717, 1.165) is 0 Å². The molecule has 1 aromatic rings. The van der Waals surface area contributed by atoms with Crippen LogP contribution in [0.4, 0.5) is 14.5 Å². The van der Waals surface area contributed by atoms with Gasteiger partial charge in [-0.1, -0.05) is 12.1 Å². The van der Waals surface area contributed by atoms with Crippen LogP contribution in [0.15, 0.2) is 35.9 Å². The zero-order valence-corrected chi connectivity index (χ0v) is 16.4. The van der Waals surface area contributed by atoms with Gasteiger partial charge in [-0.3, -0.25) is 4.72 Å². The Morgan fingerprint density at radius 2 is 2.00 bits per heavy atom. The molecule has 0 saturated carbocycles. The average Bonchev–Trinajstić information content (AvgIpc) is 3.10. The molecule has 1 aliphatic carbocycles. The first-order valence-corrected chi connectivity index (χ1v) is 10.5. The number of rotatable bonds is 7. The zero-order chi connectivity index (χ0) is 21.1. The maximum atomic E-state index is 13.0. The number of benzene rings is 1. The molecular formula is C18H21F2NO7S. The number of nitrogens with one attached hydrogen (secondary N) is 1. The third-order valence-electron chi connectivity index (χ3n) is 4.49. The Morgan fingerprint density at radius 1 is 1.31 bits per heavy atom. The fraction of sp³-hybridized carbons (Fsp3) is 0.500. The van der Waals surface area contributed by atoms with E-state index in [4.69, 9.17) is 14.2 Å². The van der Waals surface area contributed by atoms with Gasteiger partial charge in [0.25, 0.3) is 0 Å². The van der Waals surface area contributed by atoms with E-state index in [2.05, 4.69) is 9.46 Å². The molecule has 0 amide bonds. The zero-order valence-electron chi connectivity index (χ0n) is 15.6. The molecule has 3 rings (SSSR count). The van der Waals surface area contributed by atoms with Gasteiger partial charge >= 0.3 is 12.6 Å². The lowest BCUT2D eigenvalue weighted by Crippen LogP contribution is -2.42. The summed E-state index contributed by atoms with van der Waals surface area (Å²) in [7, 11) is -4.21. The molecule has 1 aromatic carbocycles. The SMILES string of the molecule is CCOC(=O)C1=CC2(CCC1S(=O)(=O)Nc1ccccc1OC(F)F)OCCO2. The first-order chi connectivity index (χ1) is 13.8. The van der Waals surface area contributed by atoms with Gasteiger partial charge in [0.05, 0.1) is 31.1 Å². The summed E-state index contributed by atoms with van der Waals surface area (Å²) in [5, 5.41) is -1.28. The van der Waals surface area contributed by atoms with E-state index in [-0.39, 0.29) is 36.5 Å². The molecule has 1 heterocycles. The van der Waals surface area contributed by atoms with E-state index < -0.39 is 33.6 Å². The summed E-state index contributed by atoms with van der Waals surface area (Å²) in [6, 6.07) is 5.39. The monoisotopic (exact) mass is 433 g/mol. The van der Waals surface area contributed by atoms with Crippen LogP contribution in [0.5, 0.6) is 5.75 Å². The molecule has 2 aliphatic rings. The van der Waals surface area contributed by atoms with Crippen molar-refractivity contribution >= 4 is 21.7 Å². The number of ether oxygens (including phenoxy) is 4. The second-order valence-electron chi connectivity index (χ2n) is 6.38. The molecule has 29 heavy (non-hydrogen) atoms. The van der Waals surface area contributed by atoms with Crippen molar-refractivity contribution in [2.45, 2.75) is 37.4 Å². The Hall–Kier alpha value is -2.24. The van der Waals surface area contributed by atoms with Crippen molar-refractivity contribution in [2.24, 2.45) is 0 Å². The van der Waals surface area contributed by atoms with Crippen LogP contribution in [0.3, 0.4) is 0 Å². The quantitative estimate of drug-likeness (QED) is 0.659. The second-order valence-corrected chi connectivity index (χ2v) is 8.24. The summed E-state index contributed by atoms with van der Waals surface area (Å²) < 4.78 is 74.0. The van der Waals surface area contributed by atoms with Crippen molar-refractivity contribution in [3.05, 3.63) is 35.9 Å². The minimum absolute atomic E-state index is 0.0118. The summed E-state index contributed by atoms with van der Waals surface area (Å²) in [5.41, 5.74) is -0.288. The lowest BCUT2D eigenvalue weighted by atomic mass is 9.94. The minimum atomic E-state index is -4.21. The number of esters is 1. The molecule has 1 saturated heterocycles. The molecule has 0 aromatic heterocycles. The van der Waals surface area contributed by atoms with Crippen molar-refractivity contribution < 1.29 is 40.9 Å². The predicted molar refractivity (Wildman–Crippen MR) is 98.0 cm³/mol. The van der Waals surface area contributed by atoms with E-state index in [9.17, 15) is 22.0 Å². The summed E-state index contributed by atoms with van der Waals surface area (Å²) in [5.74, 6) is -2.30. The van der Waals surface area contributed by atoms with E-state index in [1.807, 2.05) is 0 Å². The van der Waals surface area contributed by atoms with E-state index in [1.165, 1.54) is 30.3 Å². The molecule has 0 bridgehead atoms. The Morgan fingerprint density at radius 3 is 2.66 bits per heavy atom. The summed E-state index contributed by atoms with van der Waals surface area (Å²) in [6.07, 6.45) is 1.56. The van der Waals surface area contributed by atoms with Crippen molar-refractivity contribution in [1.29, 1.82) is 0 Å². The fourth-order valence-corrected chi connectivity index (χ4v) is 4.83. The van der Waals surface area contributed by atoms with Crippen LogP contribution < -0.4 is 9.46 Å². The molecule has 1 N–H and O–H groups in total. The predicted octanol–water partition coefficient (Wildman–Crippen LogP) is 2.42. The van der Waals surface area contributed by atoms with E-state index in [0.29, 0.717) is 13.2 Å². The Bertz CT molecular complexity index is 882. The van der Waals surface area contributed by atoms with Gasteiger partial charge in [-0.25, -0.2) is 13.2 Å². The summed E-state index contributed by atoms with van der Waals surface area (Å²) in [6.45, 7) is -0.835. The standard InChI is InChI=1S/C18H21F2NO7S/c1-2-25-16(22)12-11-18(26-9-10-27-18)8-7-15(12)29(23,24)21-13-5-3-4-6-14(13)28-17(19)20/h3-6,11,15,17,21H,2,7-10H2,1H3. The highest BCUT2D eigenvalue weighted by Gasteiger charge is 2.46. The fourth-order valence-electron chi connectivity index (χ4n) is 3.29. The van der Waals surface area contributed by atoms with Gasteiger partial charge in [-0.2, -0.15) is 8.78 Å². The molecule has 1 fully saturated rings. The number of sulfonamides is 1. The third kappa shape index (κ3) is 4.85. The topological polar surface area (TPSA) is 100 Å². The van der Waals surface area contributed by atoms with Crippen molar-refractivity contribution in [3.8, 4) is 5.75 Å². The number of carbonyl (C=O) groups excluding carboxylic acids is 1. The van der Waals surface area contributed by atoms with Crippen molar-refractivity contribution in [2.75, 3.05) is 24.5 Å². The van der Waals surface area contributed by atoms with Crippen LogP contribution >= 0.6 is 0 Å². The number of alkyl halides is 2. The number of anilines is 1. The lowest BCUT2D eigenvalue weighted by Gasteiger charge is -2.33. The van der Waals surface area contributed by atoms with Gasteiger partial charge in [0.2, 0.25) is 10.0 Å². The number of para-hydroxylation sites is 2. The molecule has 8 nitrogen and oxygen atoms in total. The van der Waals surface area contributed by atoms with Gasteiger partial charge < -0.3 is 18.9 Å². The smallest absolute Gasteiger partial charge is 0.387 e. The van der Waals surface area contributed by atoms with Gasteiger partial charge in [0, 0.05) is 6.42 Å². The number of carbonyl (C=O) groups is 1. The highest BCUT2D eigenvalue weighted by atomic mass is 32.2. The van der Waals surface area contributed by atoms with Crippen LogP contribution in [-0.2, 0) is 29.0 Å². The molecule has 1 atom stereocenters. The molecule has 0 radical (unpaired) electrons. The maximum absolute atomic E-state index is 13.0. The van der Waals surface area contributed by atoms with Crippen LogP contribution in [0.2, 0.25) is 0 Å². The van der Waals surface area contributed by atoms with Crippen LogP contribution in [0, 0.1) is 0 Å². The highest BCUT2D eigenvalue weighted by Crippen LogP contribution is 2.38. The Balaban J connectivity index is 1.92. The molecule has 160 valence electrons. The molecular weight excluding hydrogens is 412 g/mol. The molecule has 1 unspecified atom stereocenters. The van der Waals surface area contributed by atoms with E-state index in [1.54, 1.807) is 6.92 Å². The van der Waals surface area contributed by atoms with Gasteiger partial charge in [-0.05, 0) is 31.6 Å². The highest BCUT2D eigenvalue weighted by molar-refractivity contribution is 7.93. The first kappa shape index (κ1) is 21.5. The summed E-state index contributed by atoms with van der Waals surface area (Å²) >= 11 is 0. The van der Waals surface area contributed by atoms with E-state index >= 15 is 0 Å². The van der Waals surface area contributed by atoms with Gasteiger partial charge in [0.15, 0.2) is 5.79 Å². The third-order valence-corrected chi connectivity index (χ3v) is 6.24. The number of hydrogen-bond acceptors (Lipinski definition) is 7. The molecule has 11 heteroatoms. The second kappa shape index (κ2) is 8.64. The maximum Gasteiger partial charge on any atom is 0.387 e. The Kier molecular flexibility index (Phi) is 6.39. The van der Waals surface area contributed by atoms with Crippen molar-refractivity contribution in [1.82, 2.24) is 0 Å². The van der Waals surface area contributed by atoms with Crippen LogP contribution in [-0.4, -0.2) is 51.9 Å². The normalized spacial score (nSPS) is 21.1. The van der Waals surface area contributed by atoms with Gasteiger partial charge in [0.1, 0.15) is 11.0 Å². The average molecular weight is 433 g/mol. The molecule has 1 aliphatic heterocycles. The Labute approximate surface area is 166 Å². The largest absolute Gasteiger partial charge is 0.463 e. The minimum Gasteiger partial charge on any atom is -0.463 e. The van der Waals surface area contributed by atoms with Crippen molar-refractivity contribution in [3.63, 3.8) is 0 Å². The lowest BCUT2D eigenvalue weighted by molar-refractivity contribution is -0.143. The van der Waals surface area contributed by atoms with Crippen LogP contribution in [0.25, 0.3) is 0 Å². The first-order valence-electron chi connectivity index (χ1n) is 8.99. The van der Waals surface area contributed by atoms with Crippen LogP contribution in [0.1, 0.15) is 19.8 Å². The number of hydrogen-bond donors (Lipinski definition) is 1. The number of halogens is 2.